The number of halogens is 1. The molecule has 7 nitrogen and oxygen atoms in total. The fraction of sp³-hybridized carbons (Fsp3) is 0.261. The Bertz CT molecular complexity index is 1190. The van der Waals surface area contributed by atoms with Crippen molar-refractivity contribution in [1.82, 2.24) is 9.99 Å². The molecule has 2 heterocycles. The number of hydrogen-bond acceptors (Lipinski definition) is 6. The summed E-state index contributed by atoms with van der Waals surface area (Å²) in [5, 5.41) is 7.30. The predicted molar refractivity (Wildman–Crippen MR) is 119 cm³/mol. The van der Waals surface area contributed by atoms with Crippen LogP contribution in [0, 0.1) is 0 Å². The lowest BCUT2D eigenvalue weighted by atomic mass is 9.98. The van der Waals surface area contributed by atoms with Crippen molar-refractivity contribution in [2.45, 2.75) is 19.4 Å². The van der Waals surface area contributed by atoms with Crippen molar-refractivity contribution in [3.63, 3.8) is 0 Å². The summed E-state index contributed by atoms with van der Waals surface area (Å²) in [5.74, 6) is 1.75. The summed E-state index contributed by atoms with van der Waals surface area (Å²) in [6, 6.07) is 12.8. The normalized spacial score (nSPS) is 15.7. The quantitative estimate of drug-likeness (QED) is 0.543. The van der Waals surface area contributed by atoms with Gasteiger partial charge in [-0.1, -0.05) is 11.6 Å². The smallest absolute Gasteiger partial charge is 0.240 e. The Hall–Kier alpha value is -3.32. The third-order valence-electron chi connectivity index (χ3n) is 5.31. The lowest BCUT2D eigenvalue weighted by Crippen LogP contribution is -2.24. The van der Waals surface area contributed by atoms with E-state index in [1.165, 1.54) is 11.9 Å². The second-order valence-electron chi connectivity index (χ2n) is 7.13. The molecule has 4 rings (SSSR count). The van der Waals surface area contributed by atoms with Crippen LogP contribution in [0.15, 0.2) is 47.6 Å². The number of rotatable bonds is 5. The molecule has 2 aromatic carbocycles. The van der Waals surface area contributed by atoms with E-state index in [4.69, 9.17) is 25.8 Å². The molecule has 0 radical (unpaired) electrons. The van der Waals surface area contributed by atoms with Gasteiger partial charge in [0.05, 0.1) is 38.6 Å². The highest BCUT2D eigenvalue weighted by atomic mass is 35.5. The first-order chi connectivity index (χ1) is 14.9. The van der Waals surface area contributed by atoms with Crippen molar-refractivity contribution in [1.29, 1.82) is 0 Å². The maximum absolute atomic E-state index is 12.4. The molecule has 160 valence electrons. The minimum atomic E-state index is -0.355. The number of nitrogens with zero attached hydrogens (tertiary/aromatic N) is 3. The number of benzene rings is 2. The molecule has 0 spiro atoms. The fourth-order valence-corrected chi connectivity index (χ4v) is 4.01. The van der Waals surface area contributed by atoms with Gasteiger partial charge in [0.15, 0.2) is 11.5 Å². The second kappa shape index (κ2) is 8.43. The van der Waals surface area contributed by atoms with Gasteiger partial charge < -0.3 is 14.2 Å². The molecule has 1 unspecified atom stereocenters. The van der Waals surface area contributed by atoms with E-state index in [1.54, 1.807) is 21.3 Å². The highest BCUT2D eigenvalue weighted by Gasteiger charge is 2.33. The van der Waals surface area contributed by atoms with Crippen LogP contribution in [0.3, 0.4) is 0 Å². The SMILES string of the molecule is COc1ccc2cc(C3CC(c4ccc(OC)c(OC)c4)=NN3C(C)=O)c(Cl)nc2c1. The standard InChI is InChI=1S/C23H22ClN3O4/c1-13(28)27-20(12-19(26-27)15-6-8-21(30-3)22(10-15)31-4)17-9-14-5-7-16(29-2)11-18(14)25-23(17)24/h5-11,20H,12H2,1-4H3. The zero-order chi connectivity index (χ0) is 22.1. The summed E-state index contributed by atoms with van der Waals surface area (Å²) in [7, 11) is 4.77. The molecule has 0 fully saturated rings. The van der Waals surface area contributed by atoms with Crippen LogP contribution >= 0.6 is 11.6 Å². The summed E-state index contributed by atoms with van der Waals surface area (Å²) in [4.78, 5) is 16.9. The van der Waals surface area contributed by atoms with Crippen molar-refractivity contribution in [3.05, 3.63) is 58.7 Å². The molecule has 0 saturated carbocycles. The molecule has 0 saturated heterocycles. The van der Waals surface area contributed by atoms with Crippen molar-refractivity contribution in [3.8, 4) is 17.2 Å². The average Bonchev–Trinajstić information content (AvgIpc) is 3.23. The van der Waals surface area contributed by atoms with Gasteiger partial charge in [0.25, 0.3) is 0 Å². The van der Waals surface area contributed by atoms with Gasteiger partial charge in [-0.05, 0) is 36.4 Å². The number of fused-ring (bicyclic) bond motifs is 1. The molecule has 1 amide bonds. The first kappa shape index (κ1) is 20.9. The molecule has 1 aliphatic rings. The van der Waals surface area contributed by atoms with Crippen LogP contribution in [0.5, 0.6) is 17.2 Å². The Balaban J connectivity index is 1.73. The van der Waals surface area contributed by atoms with Crippen molar-refractivity contribution in [2.75, 3.05) is 21.3 Å². The van der Waals surface area contributed by atoms with Gasteiger partial charge in [-0.3, -0.25) is 4.79 Å². The van der Waals surface area contributed by atoms with Gasteiger partial charge in [0.1, 0.15) is 10.9 Å². The number of carbonyl (C=O) groups excluding carboxylic acids is 1. The topological polar surface area (TPSA) is 73.2 Å². The van der Waals surface area contributed by atoms with Gasteiger partial charge in [-0.15, -0.1) is 0 Å². The Morgan fingerprint density at radius 1 is 1.03 bits per heavy atom. The molecular weight excluding hydrogens is 418 g/mol. The molecule has 3 aromatic rings. The zero-order valence-electron chi connectivity index (χ0n) is 17.7. The van der Waals surface area contributed by atoms with E-state index in [9.17, 15) is 4.79 Å². The lowest BCUT2D eigenvalue weighted by Gasteiger charge is -2.21. The number of ether oxygens (including phenoxy) is 3. The highest BCUT2D eigenvalue weighted by Crippen LogP contribution is 2.38. The lowest BCUT2D eigenvalue weighted by molar-refractivity contribution is -0.130. The molecule has 1 atom stereocenters. The van der Waals surface area contributed by atoms with Gasteiger partial charge in [0, 0.05) is 35.9 Å². The third kappa shape index (κ3) is 3.88. The van der Waals surface area contributed by atoms with Crippen LogP contribution < -0.4 is 14.2 Å². The first-order valence-electron chi connectivity index (χ1n) is 9.69. The Morgan fingerprint density at radius 3 is 2.48 bits per heavy atom. The number of amides is 1. The monoisotopic (exact) mass is 439 g/mol. The third-order valence-corrected chi connectivity index (χ3v) is 5.62. The van der Waals surface area contributed by atoms with Gasteiger partial charge >= 0.3 is 0 Å². The fourth-order valence-electron chi connectivity index (χ4n) is 3.73. The number of hydrogen-bond donors (Lipinski definition) is 0. The molecule has 0 bridgehead atoms. The van der Waals surface area contributed by atoms with Crippen LogP contribution in [0.25, 0.3) is 10.9 Å². The van der Waals surface area contributed by atoms with E-state index in [-0.39, 0.29) is 11.9 Å². The first-order valence-corrected chi connectivity index (χ1v) is 10.1. The Kier molecular flexibility index (Phi) is 5.69. The van der Waals surface area contributed by atoms with E-state index in [1.807, 2.05) is 42.5 Å². The second-order valence-corrected chi connectivity index (χ2v) is 7.49. The predicted octanol–water partition coefficient (Wildman–Crippen LogP) is 4.61. The number of methoxy groups -OCH3 is 3. The number of pyridine rings is 1. The maximum Gasteiger partial charge on any atom is 0.240 e. The zero-order valence-corrected chi connectivity index (χ0v) is 18.4. The Labute approximate surface area is 185 Å². The minimum Gasteiger partial charge on any atom is -0.497 e. The van der Waals surface area contributed by atoms with Crippen molar-refractivity contribution in [2.24, 2.45) is 5.10 Å². The average molecular weight is 440 g/mol. The summed E-state index contributed by atoms with van der Waals surface area (Å²) in [6.07, 6.45) is 0.498. The number of aromatic nitrogens is 1. The molecular formula is C23H22ClN3O4. The van der Waals surface area contributed by atoms with E-state index in [0.29, 0.717) is 28.8 Å². The van der Waals surface area contributed by atoms with Crippen LogP contribution in [0.1, 0.15) is 30.5 Å². The number of carbonyl (C=O) groups is 1. The van der Waals surface area contributed by atoms with Crippen LogP contribution in [0.4, 0.5) is 0 Å². The van der Waals surface area contributed by atoms with Crippen LogP contribution in [-0.4, -0.2) is 42.9 Å². The van der Waals surface area contributed by atoms with E-state index < -0.39 is 0 Å². The van der Waals surface area contributed by atoms with Crippen LogP contribution in [-0.2, 0) is 4.79 Å². The van der Waals surface area contributed by atoms with Crippen molar-refractivity contribution < 1.29 is 19.0 Å². The van der Waals surface area contributed by atoms with Crippen LogP contribution in [0.2, 0.25) is 5.15 Å². The molecule has 0 aliphatic carbocycles. The summed E-state index contributed by atoms with van der Waals surface area (Å²) < 4.78 is 16.0. The van der Waals surface area contributed by atoms with Crippen molar-refractivity contribution >= 4 is 34.1 Å². The minimum absolute atomic E-state index is 0.175. The van der Waals surface area contributed by atoms with Gasteiger partial charge in [-0.2, -0.15) is 5.10 Å². The molecule has 1 aliphatic heterocycles. The summed E-state index contributed by atoms with van der Waals surface area (Å²) in [5.41, 5.74) is 3.07. The maximum atomic E-state index is 12.4. The molecule has 0 N–H and O–H groups in total. The Morgan fingerprint density at radius 2 is 1.81 bits per heavy atom. The summed E-state index contributed by atoms with van der Waals surface area (Å²) in [6.45, 7) is 1.49. The van der Waals surface area contributed by atoms with E-state index in [2.05, 4.69) is 10.1 Å². The summed E-state index contributed by atoms with van der Waals surface area (Å²) >= 11 is 6.55. The van der Waals surface area contributed by atoms with E-state index in [0.717, 1.165) is 27.7 Å². The highest BCUT2D eigenvalue weighted by molar-refractivity contribution is 6.30. The molecule has 31 heavy (non-hydrogen) atoms. The molecule has 8 heteroatoms. The van der Waals surface area contributed by atoms with Gasteiger partial charge in [-0.25, -0.2) is 9.99 Å². The van der Waals surface area contributed by atoms with E-state index >= 15 is 0 Å². The number of hydrazone groups is 1. The molecule has 1 aromatic heterocycles. The largest absolute Gasteiger partial charge is 0.497 e. The van der Waals surface area contributed by atoms with Gasteiger partial charge in [0.2, 0.25) is 5.91 Å².